The molecular formula is C15H20N4OS. The highest BCUT2D eigenvalue weighted by atomic mass is 32.1. The van der Waals surface area contributed by atoms with E-state index >= 15 is 0 Å². The molecule has 5 nitrogen and oxygen atoms in total. The third-order valence-electron chi connectivity index (χ3n) is 4.43. The average Bonchev–Trinajstić information content (AvgIpc) is 3.10. The highest BCUT2D eigenvalue weighted by molar-refractivity contribution is 7.19. The van der Waals surface area contributed by atoms with Gasteiger partial charge in [-0.05, 0) is 24.7 Å². The monoisotopic (exact) mass is 304 g/mol. The van der Waals surface area contributed by atoms with Gasteiger partial charge in [0.2, 0.25) is 0 Å². The lowest BCUT2D eigenvalue weighted by Crippen LogP contribution is -2.25. The van der Waals surface area contributed by atoms with Crippen LogP contribution < -0.4 is 16.0 Å². The van der Waals surface area contributed by atoms with Crippen molar-refractivity contribution in [1.82, 2.24) is 5.32 Å². The van der Waals surface area contributed by atoms with Gasteiger partial charge in [0, 0.05) is 19.1 Å². The minimum atomic E-state index is -0.136. The Morgan fingerprint density at radius 2 is 2.00 bits per heavy atom. The summed E-state index contributed by atoms with van der Waals surface area (Å²) >= 11 is 1.36. The summed E-state index contributed by atoms with van der Waals surface area (Å²) in [5, 5.41) is 13.2. The van der Waals surface area contributed by atoms with Crippen molar-refractivity contribution in [3.8, 4) is 6.07 Å². The Hall–Kier alpha value is -1.74. The highest BCUT2D eigenvalue weighted by Gasteiger charge is 2.32. The van der Waals surface area contributed by atoms with Crippen molar-refractivity contribution in [3.63, 3.8) is 0 Å². The molecule has 0 bridgehead atoms. The molecule has 21 heavy (non-hydrogen) atoms. The van der Waals surface area contributed by atoms with Gasteiger partial charge in [0.15, 0.2) is 0 Å². The van der Waals surface area contributed by atoms with Crippen LogP contribution in [-0.2, 0) is 0 Å². The van der Waals surface area contributed by atoms with Gasteiger partial charge in [-0.25, -0.2) is 0 Å². The smallest absolute Gasteiger partial charge is 0.263 e. The molecule has 0 spiro atoms. The zero-order valence-corrected chi connectivity index (χ0v) is 13.2. The van der Waals surface area contributed by atoms with Gasteiger partial charge in [-0.2, -0.15) is 5.26 Å². The maximum absolute atomic E-state index is 12.2. The number of hydrogen-bond donors (Lipinski definition) is 2. The number of nitrogen functional groups attached to an aromatic ring is 1. The SMILES string of the molecule is CC1CN(c2sc(C(=O)NC3CC3)c(N)c2C#N)CC1C. The van der Waals surface area contributed by atoms with Gasteiger partial charge in [0.05, 0.1) is 5.69 Å². The number of carbonyl (C=O) groups is 1. The van der Waals surface area contributed by atoms with E-state index < -0.39 is 0 Å². The minimum Gasteiger partial charge on any atom is -0.396 e. The van der Waals surface area contributed by atoms with Gasteiger partial charge >= 0.3 is 0 Å². The number of anilines is 2. The molecule has 3 rings (SSSR count). The Balaban J connectivity index is 1.90. The van der Waals surface area contributed by atoms with Crippen LogP contribution in [0.4, 0.5) is 10.7 Å². The van der Waals surface area contributed by atoms with Gasteiger partial charge in [-0.1, -0.05) is 13.8 Å². The van der Waals surface area contributed by atoms with Gasteiger partial charge in [0.25, 0.3) is 5.91 Å². The second-order valence-corrected chi connectivity index (χ2v) is 7.24. The molecule has 1 aromatic rings. The van der Waals surface area contributed by atoms with Crippen LogP contribution in [0, 0.1) is 23.2 Å². The first-order valence-corrected chi connectivity index (χ1v) is 8.21. The topological polar surface area (TPSA) is 82.2 Å². The van der Waals surface area contributed by atoms with Crippen molar-refractivity contribution >= 4 is 27.9 Å². The van der Waals surface area contributed by atoms with Crippen LogP contribution in [-0.4, -0.2) is 25.0 Å². The van der Waals surface area contributed by atoms with E-state index in [1.165, 1.54) is 11.3 Å². The third kappa shape index (κ3) is 2.58. The number of hydrogen-bond acceptors (Lipinski definition) is 5. The summed E-state index contributed by atoms with van der Waals surface area (Å²) in [6.45, 7) is 6.27. The zero-order valence-electron chi connectivity index (χ0n) is 12.3. The number of amides is 1. The number of nitrogens with one attached hydrogen (secondary N) is 1. The predicted molar refractivity (Wildman–Crippen MR) is 84.5 cm³/mol. The molecule has 2 unspecified atom stereocenters. The molecule has 2 atom stereocenters. The lowest BCUT2D eigenvalue weighted by atomic mass is 10.0. The van der Waals surface area contributed by atoms with Gasteiger partial charge < -0.3 is 16.0 Å². The maximum Gasteiger partial charge on any atom is 0.263 e. The summed E-state index contributed by atoms with van der Waals surface area (Å²) in [5.74, 6) is 1.04. The first kappa shape index (κ1) is 14.2. The number of carbonyl (C=O) groups excluding carboxylic acids is 1. The normalized spacial score (nSPS) is 24.9. The van der Waals surface area contributed by atoms with E-state index in [4.69, 9.17) is 5.73 Å². The first-order chi connectivity index (χ1) is 10.0. The van der Waals surface area contributed by atoms with E-state index in [1.54, 1.807) is 0 Å². The number of nitrogens with zero attached hydrogens (tertiary/aromatic N) is 2. The van der Waals surface area contributed by atoms with Crippen LogP contribution in [0.15, 0.2) is 0 Å². The molecule has 0 aromatic carbocycles. The zero-order chi connectivity index (χ0) is 15.1. The van der Waals surface area contributed by atoms with E-state index in [9.17, 15) is 10.1 Å². The van der Waals surface area contributed by atoms with Crippen molar-refractivity contribution in [2.75, 3.05) is 23.7 Å². The Morgan fingerprint density at radius 3 is 2.52 bits per heavy atom. The van der Waals surface area contributed by atoms with Gasteiger partial charge in [-0.3, -0.25) is 4.79 Å². The van der Waals surface area contributed by atoms with Crippen molar-refractivity contribution < 1.29 is 4.79 Å². The Morgan fingerprint density at radius 1 is 1.38 bits per heavy atom. The van der Waals surface area contributed by atoms with E-state index in [2.05, 4.69) is 30.1 Å². The standard InChI is InChI=1S/C15H20N4OS/c1-8-6-19(7-9(8)2)15-11(5-16)12(17)13(21-15)14(20)18-10-3-4-10/h8-10H,3-4,6-7,17H2,1-2H3,(H,18,20). The van der Waals surface area contributed by atoms with E-state index in [0.717, 1.165) is 30.9 Å². The Labute approximate surface area is 128 Å². The Bertz CT molecular complexity index is 604. The number of nitriles is 1. The maximum atomic E-state index is 12.2. The Kier molecular flexibility index (Phi) is 3.54. The first-order valence-electron chi connectivity index (χ1n) is 7.39. The largest absolute Gasteiger partial charge is 0.396 e. The molecule has 2 heterocycles. The lowest BCUT2D eigenvalue weighted by Gasteiger charge is -2.16. The molecular weight excluding hydrogens is 284 g/mol. The molecule has 1 amide bonds. The van der Waals surface area contributed by atoms with Crippen LogP contribution in [0.3, 0.4) is 0 Å². The van der Waals surface area contributed by atoms with E-state index in [-0.39, 0.29) is 5.91 Å². The molecule has 2 fully saturated rings. The number of nitrogens with two attached hydrogens (primary N) is 1. The fourth-order valence-electron chi connectivity index (χ4n) is 2.70. The van der Waals surface area contributed by atoms with Crippen molar-refractivity contribution in [1.29, 1.82) is 5.26 Å². The predicted octanol–water partition coefficient (Wildman–Crippen LogP) is 2.19. The molecule has 112 valence electrons. The molecule has 6 heteroatoms. The van der Waals surface area contributed by atoms with Crippen LogP contribution in [0.5, 0.6) is 0 Å². The molecule has 2 aliphatic rings. The summed E-state index contributed by atoms with van der Waals surface area (Å²) in [6, 6.07) is 2.47. The van der Waals surface area contributed by atoms with Crippen LogP contribution in [0.1, 0.15) is 41.9 Å². The molecule has 3 N–H and O–H groups in total. The van der Waals surface area contributed by atoms with Crippen molar-refractivity contribution in [2.24, 2.45) is 11.8 Å². The number of thiophene rings is 1. The molecule has 1 saturated heterocycles. The summed E-state index contributed by atoms with van der Waals surface area (Å²) in [4.78, 5) is 14.9. The van der Waals surface area contributed by atoms with E-state index in [0.29, 0.717) is 34.0 Å². The fraction of sp³-hybridized carbons (Fsp3) is 0.600. The quantitative estimate of drug-likeness (QED) is 0.896. The minimum absolute atomic E-state index is 0.136. The van der Waals surface area contributed by atoms with Crippen molar-refractivity contribution in [3.05, 3.63) is 10.4 Å². The molecule has 1 aliphatic carbocycles. The molecule has 1 aromatic heterocycles. The second kappa shape index (κ2) is 5.23. The molecule has 1 aliphatic heterocycles. The van der Waals surface area contributed by atoms with Crippen LogP contribution >= 0.6 is 11.3 Å². The summed E-state index contributed by atoms with van der Waals surface area (Å²) in [5.41, 5.74) is 6.85. The number of rotatable bonds is 3. The van der Waals surface area contributed by atoms with Gasteiger partial charge in [-0.15, -0.1) is 11.3 Å². The highest BCUT2D eigenvalue weighted by Crippen LogP contribution is 2.41. The lowest BCUT2D eigenvalue weighted by molar-refractivity contribution is 0.0956. The summed E-state index contributed by atoms with van der Waals surface area (Å²) in [7, 11) is 0. The molecule has 0 radical (unpaired) electrons. The van der Waals surface area contributed by atoms with Crippen LogP contribution in [0.2, 0.25) is 0 Å². The average molecular weight is 304 g/mol. The fourth-order valence-corrected chi connectivity index (χ4v) is 3.80. The van der Waals surface area contributed by atoms with Gasteiger partial charge in [0.1, 0.15) is 21.5 Å². The van der Waals surface area contributed by atoms with Crippen LogP contribution in [0.25, 0.3) is 0 Å². The van der Waals surface area contributed by atoms with E-state index in [1.807, 2.05) is 0 Å². The summed E-state index contributed by atoms with van der Waals surface area (Å²) in [6.07, 6.45) is 2.08. The second-order valence-electron chi connectivity index (χ2n) is 6.24. The third-order valence-corrected chi connectivity index (χ3v) is 5.70. The summed E-state index contributed by atoms with van der Waals surface area (Å²) < 4.78 is 0. The molecule has 1 saturated carbocycles. The van der Waals surface area contributed by atoms with Crippen molar-refractivity contribution in [2.45, 2.75) is 32.7 Å².